The van der Waals surface area contributed by atoms with E-state index in [1.54, 1.807) is 6.08 Å². The molecule has 0 aliphatic rings. The number of aliphatic carboxylic acids is 1. The molecule has 2 aromatic heterocycles. The van der Waals surface area contributed by atoms with E-state index in [1.165, 1.54) is 22.7 Å². The largest absolute Gasteiger partial charge is 0.481 e. The highest BCUT2D eigenvalue weighted by atomic mass is 32.1. The molecular formula is C14H17N5O3S2. The Bertz CT molecular complexity index is 741. The van der Waals surface area contributed by atoms with E-state index >= 15 is 0 Å². The number of carbonyl (C=O) groups excluding carboxylic acids is 1. The minimum Gasteiger partial charge on any atom is -0.481 e. The molecule has 2 heterocycles. The number of rotatable bonds is 8. The van der Waals surface area contributed by atoms with E-state index in [-0.39, 0.29) is 13.0 Å². The fourth-order valence-corrected chi connectivity index (χ4v) is 3.44. The molecule has 0 saturated heterocycles. The van der Waals surface area contributed by atoms with E-state index in [0.29, 0.717) is 11.7 Å². The molecular weight excluding hydrogens is 350 g/mol. The Hall–Kier alpha value is -2.46. The van der Waals surface area contributed by atoms with Gasteiger partial charge in [0, 0.05) is 18.5 Å². The van der Waals surface area contributed by atoms with Gasteiger partial charge >= 0.3 is 12.0 Å². The van der Waals surface area contributed by atoms with Gasteiger partial charge in [-0.3, -0.25) is 10.1 Å². The zero-order chi connectivity index (χ0) is 17.5. The summed E-state index contributed by atoms with van der Waals surface area (Å²) in [7, 11) is 0. The second kappa shape index (κ2) is 8.41. The summed E-state index contributed by atoms with van der Waals surface area (Å²) in [5.74, 6) is -0.966. The van der Waals surface area contributed by atoms with Crippen molar-refractivity contribution in [2.45, 2.75) is 13.3 Å². The molecule has 4 N–H and O–H groups in total. The maximum atomic E-state index is 11.7. The van der Waals surface area contributed by atoms with Crippen LogP contribution in [0.4, 0.5) is 15.1 Å². The van der Waals surface area contributed by atoms with Crippen LogP contribution in [0.15, 0.2) is 18.0 Å². The van der Waals surface area contributed by atoms with Crippen LogP contribution in [0.1, 0.15) is 12.1 Å². The van der Waals surface area contributed by atoms with Crippen molar-refractivity contribution in [3.05, 3.63) is 23.7 Å². The molecule has 0 spiro atoms. The predicted octanol–water partition coefficient (Wildman–Crippen LogP) is 2.77. The van der Waals surface area contributed by atoms with Crippen LogP contribution in [0.25, 0.3) is 10.6 Å². The summed E-state index contributed by atoms with van der Waals surface area (Å²) in [6, 6.07) is -0.483. The molecule has 0 atom stereocenters. The number of hydrogen-bond donors (Lipinski definition) is 4. The molecule has 8 nitrogen and oxygen atoms in total. The van der Waals surface area contributed by atoms with E-state index in [9.17, 15) is 9.59 Å². The summed E-state index contributed by atoms with van der Waals surface area (Å²) in [5.41, 5.74) is 1.56. The van der Waals surface area contributed by atoms with Crippen molar-refractivity contribution in [1.29, 1.82) is 0 Å². The first kappa shape index (κ1) is 17.9. The van der Waals surface area contributed by atoms with Crippen molar-refractivity contribution in [2.75, 3.05) is 23.7 Å². The maximum Gasteiger partial charge on any atom is 0.321 e. The van der Waals surface area contributed by atoms with E-state index in [2.05, 4.69) is 32.5 Å². The Morgan fingerprint density at radius 2 is 2.17 bits per heavy atom. The Labute approximate surface area is 146 Å². The zero-order valence-electron chi connectivity index (χ0n) is 13.0. The number of urea groups is 1. The second-order valence-corrected chi connectivity index (χ2v) is 6.52. The Balaban J connectivity index is 1.99. The van der Waals surface area contributed by atoms with Gasteiger partial charge < -0.3 is 15.7 Å². The van der Waals surface area contributed by atoms with E-state index < -0.39 is 12.0 Å². The van der Waals surface area contributed by atoms with Crippen LogP contribution in [0.5, 0.6) is 0 Å². The van der Waals surface area contributed by atoms with Crippen molar-refractivity contribution in [3.63, 3.8) is 0 Å². The van der Waals surface area contributed by atoms with Gasteiger partial charge in [0.2, 0.25) is 0 Å². The number of amides is 2. The van der Waals surface area contributed by atoms with Gasteiger partial charge in [0.25, 0.3) is 0 Å². The lowest BCUT2D eigenvalue weighted by Gasteiger charge is -2.02. The monoisotopic (exact) mass is 367 g/mol. The van der Waals surface area contributed by atoms with E-state index in [4.69, 9.17) is 5.11 Å². The maximum absolute atomic E-state index is 11.7. The van der Waals surface area contributed by atoms with Crippen LogP contribution < -0.4 is 16.0 Å². The Morgan fingerprint density at radius 1 is 1.38 bits per heavy atom. The SMILES string of the molecule is C=CCNc1nc(-c2sc(NC(=O)NCCC(=O)O)nc2C)cs1. The van der Waals surface area contributed by atoms with Crippen LogP contribution >= 0.6 is 22.7 Å². The first-order chi connectivity index (χ1) is 11.5. The van der Waals surface area contributed by atoms with Crippen molar-refractivity contribution in [3.8, 4) is 10.6 Å². The fourth-order valence-electron chi connectivity index (χ4n) is 1.73. The minimum atomic E-state index is -0.966. The summed E-state index contributed by atoms with van der Waals surface area (Å²) in [6.07, 6.45) is 1.62. The van der Waals surface area contributed by atoms with Crippen molar-refractivity contribution in [2.24, 2.45) is 0 Å². The normalized spacial score (nSPS) is 10.2. The van der Waals surface area contributed by atoms with Gasteiger partial charge in [0.1, 0.15) is 0 Å². The Kier molecular flexibility index (Phi) is 6.27. The van der Waals surface area contributed by atoms with Crippen LogP contribution in [0.2, 0.25) is 0 Å². The van der Waals surface area contributed by atoms with Crippen molar-refractivity contribution < 1.29 is 14.7 Å². The third-order valence-electron chi connectivity index (χ3n) is 2.78. The summed E-state index contributed by atoms with van der Waals surface area (Å²) >= 11 is 2.80. The summed E-state index contributed by atoms with van der Waals surface area (Å²) in [5, 5.41) is 19.9. The molecule has 0 aromatic carbocycles. The van der Waals surface area contributed by atoms with E-state index in [0.717, 1.165) is 21.4 Å². The number of carboxylic acid groups (broad SMARTS) is 1. The van der Waals surface area contributed by atoms with Gasteiger partial charge in [-0.25, -0.2) is 14.8 Å². The number of nitrogens with one attached hydrogen (secondary N) is 3. The lowest BCUT2D eigenvalue weighted by Crippen LogP contribution is -2.30. The van der Waals surface area contributed by atoms with Crippen LogP contribution in [-0.4, -0.2) is 40.2 Å². The molecule has 0 radical (unpaired) electrons. The summed E-state index contributed by atoms with van der Waals surface area (Å²) < 4.78 is 0. The number of nitrogens with zero attached hydrogens (tertiary/aromatic N) is 2. The highest BCUT2D eigenvalue weighted by Gasteiger charge is 2.14. The number of anilines is 2. The second-order valence-electron chi connectivity index (χ2n) is 4.67. The highest BCUT2D eigenvalue weighted by molar-refractivity contribution is 7.19. The van der Waals surface area contributed by atoms with Gasteiger partial charge in [-0.2, -0.15) is 0 Å². The minimum absolute atomic E-state index is 0.0583. The third-order valence-corrected chi connectivity index (χ3v) is 4.67. The fraction of sp³-hybridized carbons (Fsp3) is 0.286. The zero-order valence-corrected chi connectivity index (χ0v) is 14.6. The number of thiazole rings is 2. The average Bonchev–Trinajstić information content (AvgIpc) is 3.11. The molecule has 128 valence electrons. The molecule has 2 aromatic rings. The molecule has 0 fully saturated rings. The smallest absolute Gasteiger partial charge is 0.321 e. The topological polar surface area (TPSA) is 116 Å². The summed E-state index contributed by atoms with van der Waals surface area (Å²) in [4.78, 5) is 31.8. The van der Waals surface area contributed by atoms with Crippen molar-refractivity contribution >= 4 is 44.9 Å². The molecule has 0 aliphatic heterocycles. The Morgan fingerprint density at radius 3 is 2.88 bits per heavy atom. The third kappa shape index (κ3) is 5.03. The highest BCUT2D eigenvalue weighted by Crippen LogP contribution is 2.34. The predicted molar refractivity (Wildman–Crippen MR) is 95.9 cm³/mol. The number of aromatic nitrogens is 2. The first-order valence-corrected chi connectivity index (χ1v) is 8.74. The standard InChI is InChI=1S/C14H17N5O3S2/c1-3-5-16-13-18-9(7-23-13)11-8(2)17-14(24-11)19-12(22)15-6-4-10(20)21/h3,7H,1,4-6H2,2H3,(H,16,18)(H,20,21)(H2,15,17,19,22). The van der Waals surface area contributed by atoms with Gasteiger partial charge in [0.05, 0.1) is 22.7 Å². The van der Waals surface area contributed by atoms with Gasteiger partial charge in [-0.15, -0.1) is 17.9 Å². The number of carboxylic acids is 1. The van der Waals surface area contributed by atoms with Gasteiger partial charge in [-0.1, -0.05) is 17.4 Å². The molecule has 0 bridgehead atoms. The molecule has 0 saturated carbocycles. The number of hydrogen-bond acceptors (Lipinski definition) is 7. The summed E-state index contributed by atoms with van der Waals surface area (Å²) in [6.45, 7) is 6.18. The first-order valence-electron chi connectivity index (χ1n) is 7.04. The van der Waals surface area contributed by atoms with Crippen LogP contribution in [-0.2, 0) is 4.79 Å². The molecule has 24 heavy (non-hydrogen) atoms. The lowest BCUT2D eigenvalue weighted by molar-refractivity contribution is -0.136. The quantitative estimate of drug-likeness (QED) is 0.533. The van der Waals surface area contributed by atoms with Gasteiger partial charge in [-0.05, 0) is 6.92 Å². The number of aryl methyl sites for hydroxylation is 1. The van der Waals surface area contributed by atoms with Crippen molar-refractivity contribution in [1.82, 2.24) is 15.3 Å². The van der Waals surface area contributed by atoms with Crippen LogP contribution in [0.3, 0.4) is 0 Å². The lowest BCUT2D eigenvalue weighted by atomic mass is 10.3. The molecule has 10 heteroatoms. The average molecular weight is 367 g/mol. The molecule has 0 aliphatic carbocycles. The molecule has 2 amide bonds. The molecule has 2 rings (SSSR count). The number of carbonyl (C=O) groups is 2. The van der Waals surface area contributed by atoms with Gasteiger partial charge in [0.15, 0.2) is 10.3 Å². The van der Waals surface area contributed by atoms with Crippen LogP contribution in [0, 0.1) is 6.92 Å². The molecule has 0 unspecified atom stereocenters. The van der Waals surface area contributed by atoms with E-state index in [1.807, 2.05) is 12.3 Å².